The highest BCUT2D eigenvalue weighted by molar-refractivity contribution is 5.96. The normalized spacial score (nSPS) is 15.2. The first-order valence-electron chi connectivity index (χ1n) is 8.35. The third-order valence-electron chi connectivity index (χ3n) is 4.22. The van der Waals surface area contributed by atoms with Crippen molar-refractivity contribution in [3.05, 3.63) is 23.3 Å². The largest absolute Gasteiger partial charge is 0.486 e. The molecular weight excluding hydrogens is 292 g/mol. The molecule has 5 heteroatoms. The zero-order valence-corrected chi connectivity index (χ0v) is 14.8. The van der Waals surface area contributed by atoms with Crippen LogP contribution in [0.4, 0.5) is 0 Å². The number of carbonyl (C=O) groups is 1. The van der Waals surface area contributed by atoms with Crippen molar-refractivity contribution in [3.63, 3.8) is 0 Å². The summed E-state index contributed by atoms with van der Waals surface area (Å²) >= 11 is 0. The van der Waals surface area contributed by atoms with E-state index in [2.05, 4.69) is 38.5 Å². The van der Waals surface area contributed by atoms with Crippen molar-refractivity contribution >= 4 is 5.91 Å². The molecule has 23 heavy (non-hydrogen) atoms. The van der Waals surface area contributed by atoms with Gasteiger partial charge >= 0.3 is 0 Å². The van der Waals surface area contributed by atoms with E-state index < -0.39 is 0 Å². The molecule has 5 nitrogen and oxygen atoms in total. The standard InChI is InChI=1S/C18H28N2O3/c1-6-12-13(8-9-14-16(12)23-11-10-22-14)17(21)20-19-15(7-2)18(3,4)5/h8-9,15,19H,6-7,10-11H2,1-5H3,(H,20,21). The summed E-state index contributed by atoms with van der Waals surface area (Å²) in [5, 5.41) is 0. The van der Waals surface area contributed by atoms with Crippen LogP contribution in [-0.2, 0) is 6.42 Å². The summed E-state index contributed by atoms with van der Waals surface area (Å²) < 4.78 is 11.3. The topological polar surface area (TPSA) is 59.6 Å². The number of ether oxygens (including phenoxy) is 2. The fraction of sp³-hybridized carbons (Fsp3) is 0.611. The average molecular weight is 320 g/mol. The number of carbonyl (C=O) groups excluding carboxylic acids is 1. The highest BCUT2D eigenvalue weighted by Crippen LogP contribution is 2.36. The first-order valence-corrected chi connectivity index (χ1v) is 8.35. The summed E-state index contributed by atoms with van der Waals surface area (Å²) in [4.78, 5) is 12.6. The van der Waals surface area contributed by atoms with Crippen molar-refractivity contribution in [2.45, 2.75) is 53.5 Å². The molecule has 0 aliphatic carbocycles. The van der Waals surface area contributed by atoms with Crippen molar-refractivity contribution in [2.24, 2.45) is 5.41 Å². The maximum Gasteiger partial charge on any atom is 0.265 e. The van der Waals surface area contributed by atoms with E-state index in [1.807, 2.05) is 13.0 Å². The van der Waals surface area contributed by atoms with Crippen molar-refractivity contribution < 1.29 is 14.3 Å². The number of hydrogen-bond acceptors (Lipinski definition) is 4. The molecular formula is C18H28N2O3. The van der Waals surface area contributed by atoms with Crippen LogP contribution in [0.3, 0.4) is 0 Å². The van der Waals surface area contributed by atoms with Crippen LogP contribution in [0.2, 0.25) is 0 Å². The maximum absolute atomic E-state index is 12.6. The lowest BCUT2D eigenvalue weighted by Crippen LogP contribution is -2.49. The van der Waals surface area contributed by atoms with Gasteiger partial charge in [0.05, 0.1) is 0 Å². The SMILES string of the molecule is CCc1c(C(=O)NNC(CC)C(C)(C)C)ccc2c1OCCO2. The Balaban J connectivity index is 2.16. The molecule has 1 amide bonds. The van der Waals surface area contributed by atoms with Crippen molar-refractivity contribution in [3.8, 4) is 11.5 Å². The highest BCUT2D eigenvalue weighted by Gasteiger charge is 2.25. The van der Waals surface area contributed by atoms with Gasteiger partial charge in [-0.1, -0.05) is 34.6 Å². The Kier molecular flexibility index (Phi) is 5.52. The second-order valence-electron chi connectivity index (χ2n) is 6.89. The van der Waals surface area contributed by atoms with Gasteiger partial charge in [-0.05, 0) is 30.4 Å². The van der Waals surface area contributed by atoms with Crippen LogP contribution < -0.4 is 20.3 Å². The van der Waals surface area contributed by atoms with Crippen molar-refractivity contribution in [1.82, 2.24) is 10.9 Å². The predicted molar refractivity (Wildman–Crippen MR) is 90.9 cm³/mol. The van der Waals surface area contributed by atoms with Crippen LogP contribution in [0.15, 0.2) is 12.1 Å². The van der Waals surface area contributed by atoms with Gasteiger partial charge in [0.25, 0.3) is 5.91 Å². The van der Waals surface area contributed by atoms with Gasteiger partial charge < -0.3 is 9.47 Å². The van der Waals surface area contributed by atoms with Gasteiger partial charge in [0.15, 0.2) is 11.5 Å². The minimum Gasteiger partial charge on any atom is -0.486 e. The summed E-state index contributed by atoms with van der Waals surface area (Å²) in [6.07, 6.45) is 1.65. The molecule has 1 heterocycles. The number of nitrogens with one attached hydrogen (secondary N) is 2. The smallest absolute Gasteiger partial charge is 0.265 e. The Bertz CT molecular complexity index is 564. The monoisotopic (exact) mass is 320 g/mol. The van der Waals surface area contributed by atoms with Crippen LogP contribution in [0.25, 0.3) is 0 Å². The number of hydrazine groups is 1. The molecule has 1 unspecified atom stereocenters. The molecule has 1 aliphatic rings. The third kappa shape index (κ3) is 3.96. The number of hydrogen-bond donors (Lipinski definition) is 2. The summed E-state index contributed by atoms with van der Waals surface area (Å²) in [7, 11) is 0. The number of amides is 1. The van der Waals surface area contributed by atoms with E-state index in [-0.39, 0.29) is 17.4 Å². The van der Waals surface area contributed by atoms with Gasteiger partial charge in [-0.3, -0.25) is 10.2 Å². The molecule has 0 aromatic heterocycles. The summed E-state index contributed by atoms with van der Waals surface area (Å²) in [5.74, 6) is 1.29. The van der Waals surface area contributed by atoms with Crippen LogP contribution in [0, 0.1) is 5.41 Å². The maximum atomic E-state index is 12.6. The molecule has 0 spiro atoms. The van der Waals surface area contributed by atoms with Crippen LogP contribution >= 0.6 is 0 Å². The second-order valence-corrected chi connectivity index (χ2v) is 6.89. The Morgan fingerprint density at radius 2 is 1.91 bits per heavy atom. The molecule has 0 radical (unpaired) electrons. The molecule has 1 aliphatic heterocycles. The van der Waals surface area contributed by atoms with Gasteiger partial charge in [0.2, 0.25) is 0 Å². The first-order chi connectivity index (χ1) is 10.9. The van der Waals surface area contributed by atoms with Gasteiger partial charge in [0.1, 0.15) is 13.2 Å². The molecule has 1 atom stereocenters. The summed E-state index contributed by atoms with van der Waals surface area (Å²) in [5.41, 5.74) is 7.62. The Labute approximate surface area is 138 Å². The van der Waals surface area contributed by atoms with Crippen molar-refractivity contribution in [2.75, 3.05) is 13.2 Å². The molecule has 0 bridgehead atoms. The highest BCUT2D eigenvalue weighted by atomic mass is 16.6. The van der Waals surface area contributed by atoms with Crippen LogP contribution in [-0.4, -0.2) is 25.2 Å². The fourth-order valence-corrected chi connectivity index (χ4v) is 2.89. The third-order valence-corrected chi connectivity index (χ3v) is 4.22. The Hall–Kier alpha value is -1.75. The molecule has 1 aromatic carbocycles. The number of benzene rings is 1. The zero-order chi connectivity index (χ0) is 17.0. The van der Waals surface area contributed by atoms with Gasteiger partial charge in [0, 0.05) is 17.2 Å². The fourth-order valence-electron chi connectivity index (χ4n) is 2.89. The van der Waals surface area contributed by atoms with E-state index in [1.54, 1.807) is 6.07 Å². The molecule has 2 rings (SSSR count). The molecule has 0 fully saturated rings. The van der Waals surface area contributed by atoms with E-state index in [1.165, 1.54) is 0 Å². The first kappa shape index (κ1) is 17.6. The van der Waals surface area contributed by atoms with E-state index in [4.69, 9.17) is 9.47 Å². The van der Waals surface area contributed by atoms with E-state index >= 15 is 0 Å². The van der Waals surface area contributed by atoms with Gasteiger partial charge in [-0.15, -0.1) is 0 Å². The molecule has 1 aromatic rings. The molecule has 0 saturated heterocycles. The molecule has 128 valence electrons. The lowest BCUT2D eigenvalue weighted by atomic mass is 9.86. The second kappa shape index (κ2) is 7.21. The number of fused-ring (bicyclic) bond motifs is 1. The minimum absolute atomic E-state index is 0.0718. The van der Waals surface area contributed by atoms with E-state index in [9.17, 15) is 4.79 Å². The predicted octanol–water partition coefficient (Wildman–Crippen LogP) is 3.08. The van der Waals surface area contributed by atoms with Crippen molar-refractivity contribution in [1.29, 1.82) is 0 Å². The quantitative estimate of drug-likeness (QED) is 0.819. The lowest BCUT2D eigenvalue weighted by Gasteiger charge is -2.31. The number of rotatable bonds is 5. The summed E-state index contributed by atoms with van der Waals surface area (Å²) in [6.45, 7) is 11.7. The molecule has 2 N–H and O–H groups in total. The minimum atomic E-state index is -0.137. The van der Waals surface area contributed by atoms with Crippen LogP contribution in [0.1, 0.15) is 57.0 Å². The van der Waals surface area contributed by atoms with Crippen LogP contribution in [0.5, 0.6) is 11.5 Å². The van der Waals surface area contributed by atoms with Gasteiger partial charge in [-0.2, -0.15) is 0 Å². The van der Waals surface area contributed by atoms with Gasteiger partial charge in [-0.25, -0.2) is 5.43 Å². The van der Waals surface area contributed by atoms with E-state index in [0.717, 1.165) is 17.7 Å². The Morgan fingerprint density at radius 1 is 1.22 bits per heavy atom. The Morgan fingerprint density at radius 3 is 2.52 bits per heavy atom. The summed E-state index contributed by atoms with van der Waals surface area (Å²) in [6, 6.07) is 3.82. The van der Waals surface area contributed by atoms with E-state index in [0.29, 0.717) is 30.9 Å². The lowest BCUT2D eigenvalue weighted by molar-refractivity contribution is 0.0903. The zero-order valence-electron chi connectivity index (χ0n) is 14.8. The average Bonchev–Trinajstić information content (AvgIpc) is 2.52. The molecule has 0 saturated carbocycles.